The number of nitrogens with one attached hydrogen (secondary N) is 1. The van der Waals surface area contributed by atoms with E-state index in [4.69, 9.17) is 0 Å². The van der Waals surface area contributed by atoms with Gasteiger partial charge >= 0.3 is 0 Å². The van der Waals surface area contributed by atoms with Crippen molar-refractivity contribution >= 4 is 29.3 Å². The summed E-state index contributed by atoms with van der Waals surface area (Å²) in [6.07, 6.45) is 1.68. The molecule has 0 fully saturated rings. The molecule has 6 heteroatoms. The van der Waals surface area contributed by atoms with Crippen LogP contribution in [0.5, 0.6) is 0 Å². The predicted molar refractivity (Wildman–Crippen MR) is 131 cm³/mol. The first-order chi connectivity index (χ1) is 15.2. The largest absolute Gasteiger partial charge is 0.332 e. The molecule has 1 aromatic heterocycles. The maximum absolute atomic E-state index is 13.1. The lowest BCUT2D eigenvalue weighted by molar-refractivity contribution is -0.116. The Balaban J connectivity index is 1.73. The van der Waals surface area contributed by atoms with Crippen molar-refractivity contribution < 1.29 is 9.59 Å². The van der Waals surface area contributed by atoms with E-state index in [9.17, 15) is 9.59 Å². The first kappa shape index (κ1) is 23.5. The second-order valence-electron chi connectivity index (χ2n) is 8.19. The van der Waals surface area contributed by atoms with Gasteiger partial charge in [0.05, 0.1) is 12.1 Å². The zero-order chi connectivity index (χ0) is 23.4. The van der Waals surface area contributed by atoms with Crippen LogP contribution in [0.4, 0.5) is 5.69 Å². The lowest BCUT2D eigenvalue weighted by atomic mass is 10.1. The van der Waals surface area contributed by atoms with Crippen LogP contribution in [0.25, 0.3) is 0 Å². The van der Waals surface area contributed by atoms with Gasteiger partial charge in [0.1, 0.15) is 5.03 Å². The second-order valence-corrected chi connectivity index (χ2v) is 9.25. The molecule has 0 radical (unpaired) electrons. The zero-order valence-corrected chi connectivity index (χ0v) is 20.3. The van der Waals surface area contributed by atoms with E-state index in [0.717, 1.165) is 27.3 Å². The Morgan fingerprint density at radius 3 is 2.28 bits per heavy atom. The van der Waals surface area contributed by atoms with Gasteiger partial charge in [-0.05, 0) is 81.1 Å². The lowest BCUT2D eigenvalue weighted by Crippen LogP contribution is -2.35. The summed E-state index contributed by atoms with van der Waals surface area (Å²) in [6, 6.07) is 13.7. The molecule has 0 aliphatic rings. The molecule has 0 bridgehead atoms. The highest BCUT2D eigenvalue weighted by molar-refractivity contribution is 7.99. The summed E-state index contributed by atoms with van der Waals surface area (Å²) in [7, 11) is 1.63. The van der Waals surface area contributed by atoms with Gasteiger partial charge in [-0.3, -0.25) is 9.59 Å². The number of benzene rings is 2. The molecule has 32 heavy (non-hydrogen) atoms. The van der Waals surface area contributed by atoms with Crippen molar-refractivity contribution in [2.45, 2.75) is 44.5 Å². The molecule has 1 N–H and O–H groups in total. The summed E-state index contributed by atoms with van der Waals surface area (Å²) >= 11 is 1.45. The van der Waals surface area contributed by atoms with Gasteiger partial charge in [-0.15, -0.1) is 0 Å². The van der Waals surface area contributed by atoms with Crippen molar-refractivity contribution in [1.29, 1.82) is 0 Å². The molecular weight excluding hydrogens is 418 g/mol. The van der Waals surface area contributed by atoms with Gasteiger partial charge in [-0.1, -0.05) is 35.5 Å². The fourth-order valence-electron chi connectivity index (χ4n) is 3.57. The Bertz CT molecular complexity index is 1150. The standard InChI is InChI=1S/C26H29N3O2S/c1-16-12-19(4)24(20(5)13-16)28-23(30)15-29(6)26(31)22-8-7-11-27-25(22)32-21-10-9-17(2)18(3)14-21/h7-14H,15H2,1-6H3,(H,28,30). The third-order valence-corrected chi connectivity index (χ3v) is 6.37. The van der Waals surface area contributed by atoms with E-state index in [0.29, 0.717) is 10.6 Å². The van der Waals surface area contributed by atoms with E-state index >= 15 is 0 Å². The number of amides is 2. The number of carbonyl (C=O) groups excluding carboxylic acids is 2. The predicted octanol–water partition coefficient (Wildman–Crippen LogP) is 5.49. The number of hydrogen-bond acceptors (Lipinski definition) is 4. The zero-order valence-electron chi connectivity index (χ0n) is 19.4. The number of anilines is 1. The van der Waals surface area contributed by atoms with Crippen molar-refractivity contribution in [2.24, 2.45) is 0 Å². The Labute approximate surface area is 194 Å². The van der Waals surface area contributed by atoms with Crippen LogP contribution >= 0.6 is 11.8 Å². The van der Waals surface area contributed by atoms with E-state index in [1.54, 1.807) is 25.4 Å². The first-order valence-corrected chi connectivity index (χ1v) is 11.3. The van der Waals surface area contributed by atoms with Gasteiger partial charge in [0.15, 0.2) is 0 Å². The Hall–Kier alpha value is -3.12. The minimum atomic E-state index is -0.239. The molecule has 1 heterocycles. The minimum Gasteiger partial charge on any atom is -0.332 e. The van der Waals surface area contributed by atoms with Crippen LogP contribution in [0.1, 0.15) is 38.2 Å². The molecule has 0 saturated heterocycles. The SMILES string of the molecule is Cc1cc(C)c(NC(=O)CN(C)C(=O)c2cccnc2Sc2ccc(C)c(C)c2)c(C)c1. The van der Waals surface area contributed by atoms with Crippen molar-refractivity contribution in [3.05, 3.63) is 82.0 Å². The Morgan fingerprint density at radius 1 is 0.938 bits per heavy atom. The van der Waals surface area contributed by atoms with Gasteiger partial charge in [0.25, 0.3) is 5.91 Å². The van der Waals surface area contributed by atoms with Crippen molar-refractivity contribution in [1.82, 2.24) is 9.88 Å². The normalized spacial score (nSPS) is 10.7. The van der Waals surface area contributed by atoms with Crippen LogP contribution in [0.2, 0.25) is 0 Å². The van der Waals surface area contributed by atoms with Gasteiger partial charge in [0.2, 0.25) is 5.91 Å². The maximum atomic E-state index is 13.1. The number of pyridine rings is 1. The molecule has 2 amide bonds. The van der Waals surface area contributed by atoms with Gasteiger partial charge in [0, 0.05) is 23.8 Å². The van der Waals surface area contributed by atoms with Gasteiger partial charge < -0.3 is 10.2 Å². The van der Waals surface area contributed by atoms with E-state index in [2.05, 4.69) is 36.3 Å². The molecule has 166 valence electrons. The molecule has 3 rings (SSSR count). The quantitative estimate of drug-likeness (QED) is 0.543. The Morgan fingerprint density at radius 2 is 1.62 bits per heavy atom. The average Bonchev–Trinajstić information content (AvgIpc) is 2.73. The van der Waals surface area contributed by atoms with E-state index in [1.807, 2.05) is 39.0 Å². The number of aromatic nitrogens is 1. The average molecular weight is 448 g/mol. The van der Waals surface area contributed by atoms with Crippen LogP contribution in [0, 0.1) is 34.6 Å². The van der Waals surface area contributed by atoms with Crippen LogP contribution in [0.3, 0.4) is 0 Å². The third-order valence-electron chi connectivity index (χ3n) is 5.36. The number of rotatable bonds is 6. The first-order valence-electron chi connectivity index (χ1n) is 10.5. The van der Waals surface area contributed by atoms with Crippen LogP contribution in [-0.4, -0.2) is 35.3 Å². The monoisotopic (exact) mass is 447 g/mol. The summed E-state index contributed by atoms with van der Waals surface area (Å²) in [5.41, 5.74) is 6.84. The molecule has 5 nitrogen and oxygen atoms in total. The van der Waals surface area contributed by atoms with Crippen LogP contribution in [0.15, 0.2) is 58.6 Å². The number of nitrogens with zero attached hydrogens (tertiary/aromatic N) is 2. The third kappa shape index (κ3) is 5.56. The van der Waals surface area contributed by atoms with Gasteiger partial charge in [-0.2, -0.15) is 0 Å². The highest BCUT2D eigenvalue weighted by Crippen LogP contribution is 2.30. The summed E-state index contributed by atoms with van der Waals surface area (Å²) < 4.78 is 0. The summed E-state index contributed by atoms with van der Waals surface area (Å²) in [4.78, 5) is 32.7. The van der Waals surface area contributed by atoms with E-state index in [-0.39, 0.29) is 18.4 Å². The van der Waals surface area contributed by atoms with E-state index < -0.39 is 0 Å². The van der Waals surface area contributed by atoms with Crippen molar-refractivity contribution in [3.63, 3.8) is 0 Å². The Kier molecular flexibility index (Phi) is 7.36. The van der Waals surface area contributed by atoms with Crippen LogP contribution < -0.4 is 5.32 Å². The molecule has 3 aromatic rings. The molecule has 0 atom stereocenters. The van der Waals surface area contributed by atoms with Gasteiger partial charge in [-0.25, -0.2) is 4.98 Å². The summed E-state index contributed by atoms with van der Waals surface area (Å²) in [6.45, 7) is 10.0. The fraction of sp³-hybridized carbons (Fsp3) is 0.269. The number of hydrogen-bond donors (Lipinski definition) is 1. The smallest absolute Gasteiger partial charge is 0.256 e. The van der Waals surface area contributed by atoms with Crippen LogP contribution in [-0.2, 0) is 4.79 Å². The minimum absolute atomic E-state index is 0.0474. The number of likely N-dealkylation sites (N-methyl/N-ethyl adjacent to an activating group) is 1. The highest BCUT2D eigenvalue weighted by Gasteiger charge is 2.20. The van der Waals surface area contributed by atoms with E-state index in [1.165, 1.54) is 27.8 Å². The molecule has 2 aromatic carbocycles. The highest BCUT2D eigenvalue weighted by atomic mass is 32.2. The second kappa shape index (κ2) is 10.0. The number of carbonyl (C=O) groups is 2. The topological polar surface area (TPSA) is 62.3 Å². The maximum Gasteiger partial charge on any atom is 0.256 e. The molecule has 0 unspecified atom stereocenters. The molecule has 0 spiro atoms. The molecular formula is C26H29N3O2S. The molecule has 0 saturated carbocycles. The van der Waals surface area contributed by atoms with Crippen molar-refractivity contribution in [3.8, 4) is 0 Å². The lowest BCUT2D eigenvalue weighted by Gasteiger charge is -2.19. The fourth-order valence-corrected chi connectivity index (χ4v) is 4.55. The summed E-state index contributed by atoms with van der Waals surface area (Å²) in [5, 5.41) is 3.58. The molecule has 0 aliphatic heterocycles. The summed E-state index contributed by atoms with van der Waals surface area (Å²) in [5.74, 6) is -0.472. The number of aryl methyl sites for hydroxylation is 5. The molecule has 0 aliphatic carbocycles. The van der Waals surface area contributed by atoms with Crippen molar-refractivity contribution in [2.75, 3.05) is 18.9 Å².